The third-order valence-electron chi connectivity index (χ3n) is 5.09. The lowest BCUT2D eigenvalue weighted by atomic mass is 10.1. The van der Waals surface area contributed by atoms with E-state index in [4.69, 9.17) is 9.47 Å². The molecule has 0 aliphatic carbocycles. The van der Waals surface area contributed by atoms with Crippen LogP contribution in [0.15, 0.2) is 42.6 Å². The number of benzene rings is 1. The Morgan fingerprint density at radius 1 is 1.32 bits per heavy atom. The van der Waals surface area contributed by atoms with Crippen molar-refractivity contribution < 1.29 is 14.3 Å². The summed E-state index contributed by atoms with van der Waals surface area (Å²) >= 11 is 0. The van der Waals surface area contributed by atoms with E-state index in [9.17, 15) is 4.79 Å². The van der Waals surface area contributed by atoms with Gasteiger partial charge in [-0.25, -0.2) is 4.79 Å². The summed E-state index contributed by atoms with van der Waals surface area (Å²) in [6, 6.07) is 11.8. The molecule has 28 heavy (non-hydrogen) atoms. The molecule has 3 rings (SSSR count). The number of urea groups is 1. The number of hydrogen-bond acceptors (Lipinski definition) is 4. The summed E-state index contributed by atoms with van der Waals surface area (Å²) in [5, 5.41) is 3.02. The van der Waals surface area contributed by atoms with Crippen LogP contribution in [0.3, 0.4) is 0 Å². The molecule has 150 valence electrons. The van der Waals surface area contributed by atoms with Gasteiger partial charge in [-0.2, -0.15) is 0 Å². The summed E-state index contributed by atoms with van der Waals surface area (Å²) in [7, 11) is 1.66. The molecule has 1 N–H and O–H groups in total. The van der Waals surface area contributed by atoms with Crippen molar-refractivity contribution in [3.8, 4) is 5.75 Å². The lowest BCUT2D eigenvalue weighted by molar-refractivity contribution is 0.0815. The largest absolute Gasteiger partial charge is 0.497 e. The van der Waals surface area contributed by atoms with Gasteiger partial charge in [0.1, 0.15) is 5.75 Å². The van der Waals surface area contributed by atoms with Gasteiger partial charge in [0.25, 0.3) is 0 Å². The van der Waals surface area contributed by atoms with Crippen LogP contribution in [0.2, 0.25) is 0 Å². The van der Waals surface area contributed by atoms with Crippen molar-refractivity contribution in [2.75, 3.05) is 26.8 Å². The van der Waals surface area contributed by atoms with Crippen LogP contribution in [0.5, 0.6) is 5.75 Å². The molecule has 2 heterocycles. The van der Waals surface area contributed by atoms with Gasteiger partial charge < -0.3 is 19.7 Å². The van der Waals surface area contributed by atoms with Crippen LogP contribution in [0.25, 0.3) is 0 Å². The normalized spacial score (nSPS) is 16.0. The second kappa shape index (κ2) is 10.1. The van der Waals surface area contributed by atoms with Crippen molar-refractivity contribution in [3.63, 3.8) is 0 Å². The summed E-state index contributed by atoms with van der Waals surface area (Å²) in [4.78, 5) is 19.1. The maximum absolute atomic E-state index is 12.8. The van der Waals surface area contributed by atoms with Crippen LogP contribution in [0.1, 0.15) is 29.7 Å². The van der Waals surface area contributed by atoms with Crippen LogP contribution >= 0.6 is 0 Å². The highest BCUT2D eigenvalue weighted by molar-refractivity contribution is 5.74. The molecule has 1 aliphatic rings. The molecule has 2 aromatic rings. The molecular formula is C22H29N3O3. The predicted molar refractivity (Wildman–Crippen MR) is 108 cm³/mol. The molecule has 0 bridgehead atoms. The molecule has 2 amide bonds. The second-order valence-corrected chi connectivity index (χ2v) is 7.10. The lowest BCUT2D eigenvalue weighted by Gasteiger charge is -2.26. The maximum atomic E-state index is 12.8. The number of pyridine rings is 1. The van der Waals surface area contributed by atoms with Gasteiger partial charge in [0.15, 0.2) is 0 Å². The highest BCUT2D eigenvalue weighted by atomic mass is 16.5. The minimum absolute atomic E-state index is 0.0749. The van der Waals surface area contributed by atoms with Crippen LogP contribution < -0.4 is 10.1 Å². The van der Waals surface area contributed by atoms with Crippen molar-refractivity contribution in [2.45, 2.75) is 38.8 Å². The number of ether oxygens (including phenoxy) is 2. The van der Waals surface area contributed by atoms with Gasteiger partial charge in [-0.15, -0.1) is 0 Å². The quantitative estimate of drug-likeness (QED) is 0.759. The van der Waals surface area contributed by atoms with Crippen LogP contribution in [0, 0.1) is 6.92 Å². The number of aromatic nitrogens is 1. The standard InChI is InChI=1S/C22H29N3O3/c1-17-5-3-12-23-21(17)15-24-22(26)25(16-20-6-4-14-28-20)13-11-18-7-9-19(27-2)10-8-18/h3,5,7-10,12,20H,4,6,11,13-16H2,1-2H3,(H,24,26)/t20-/m1/s1. The molecule has 1 atom stereocenters. The minimum Gasteiger partial charge on any atom is -0.497 e. The number of nitrogens with zero attached hydrogens (tertiary/aromatic N) is 2. The monoisotopic (exact) mass is 383 g/mol. The number of aryl methyl sites for hydroxylation is 1. The lowest BCUT2D eigenvalue weighted by Crippen LogP contribution is -2.44. The molecule has 1 saturated heterocycles. The summed E-state index contributed by atoms with van der Waals surface area (Å²) in [6.07, 6.45) is 4.73. The van der Waals surface area contributed by atoms with Crippen molar-refractivity contribution in [1.29, 1.82) is 0 Å². The Bertz CT molecular complexity index is 758. The number of methoxy groups -OCH3 is 1. The Balaban J connectivity index is 1.59. The van der Waals surface area contributed by atoms with Crippen LogP contribution in [0.4, 0.5) is 4.79 Å². The summed E-state index contributed by atoms with van der Waals surface area (Å²) < 4.78 is 11.0. The fourth-order valence-corrected chi connectivity index (χ4v) is 3.34. The predicted octanol–water partition coefficient (Wildman–Crippen LogP) is 3.33. The number of carbonyl (C=O) groups is 1. The van der Waals surface area contributed by atoms with Gasteiger partial charge >= 0.3 is 6.03 Å². The average molecular weight is 383 g/mol. The fourth-order valence-electron chi connectivity index (χ4n) is 3.34. The van der Waals surface area contributed by atoms with Gasteiger partial charge in [-0.3, -0.25) is 4.98 Å². The molecular weight excluding hydrogens is 354 g/mol. The number of amides is 2. The molecule has 0 radical (unpaired) electrons. The number of rotatable bonds is 8. The first-order chi connectivity index (χ1) is 13.7. The van der Waals surface area contributed by atoms with E-state index < -0.39 is 0 Å². The number of carbonyl (C=O) groups excluding carboxylic acids is 1. The molecule has 1 aliphatic heterocycles. The maximum Gasteiger partial charge on any atom is 0.317 e. The van der Waals surface area contributed by atoms with Crippen molar-refractivity contribution >= 4 is 6.03 Å². The zero-order valence-corrected chi connectivity index (χ0v) is 16.7. The first-order valence-electron chi connectivity index (χ1n) is 9.83. The van der Waals surface area contributed by atoms with Gasteiger partial charge in [-0.1, -0.05) is 18.2 Å². The SMILES string of the molecule is COc1ccc(CCN(C[C@H]2CCCO2)C(=O)NCc2ncccc2C)cc1. The van der Waals surface area contributed by atoms with Crippen molar-refractivity contribution in [3.05, 3.63) is 59.4 Å². The van der Waals surface area contributed by atoms with Crippen molar-refractivity contribution in [2.24, 2.45) is 0 Å². The Labute approximate surface area is 166 Å². The van der Waals surface area contributed by atoms with E-state index in [0.717, 1.165) is 42.9 Å². The highest BCUT2D eigenvalue weighted by Gasteiger charge is 2.22. The van der Waals surface area contributed by atoms with E-state index >= 15 is 0 Å². The smallest absolute Gasteiger partial charge is 0.317 e. The first-order valence-corrected chi connectivity index (χ1v) is 9.83. The number of hydrogen-bond donors (Lipinski definition) is 1. The highest BCUT2D eigenvalue weighted by Crippen LogP contribution is 2.15. The first kappa shape index (κ1) is 20.1. The molecule has 0 unspecified atom stereocenters. The Morgan fingerprint density at radius 3 is 2.82 bits per heavy atom. The average Bonchev–Trinajstić information content (AvgIpc) is 3.24. The van der Waals surface area contributed by atoms with Gasteiger partial charge in [0, 0.05) is 25.9 Å². The summed E-state index contributed by atoms with van der Waals surface area (Å²) in [5.41, 5.74) is 3.14. The molecule has 0 spiro atoms. The topological polar surface area (TPSA) is 63.7 Å². The van der Waals surface area contributed by atoms with Gasteiger partial charge in [0.05, 0.1) is 25.5 Å². The van der Waals surface area contributed by atoms with E-state index in [-0.39, 0.29) is 12.1 Å². The molecule has 0 saturated carbocycles. The summed E-state index contributed by atoms with van der Waals surface area (Å²) in [5.74, 6) is 0.837. The molecule has 1 fully saturated rings. The molecule has 6 heteroatoms. The van der Waals surface area contributed by atoms with E-state index in [1.54, 1.807) is 13.3 Å². The minimum atomic E-state index is -0.0749. The zero-order chi connectivity index (χ0) is 19.8. The third kappa shape index (κ3) is 5.70. The van der Waals surface area contributed by atoms with E-state index in [1.807, 2.05) is 48.2 Å². The van der Waals surface area contributed by atoms with Crippen LogP contribution in [-0.4, -0.2) is 48.8 Å². The van der Waals surface area contributed by atoms with Crippen molar-refractivity contribution in [1.82, 2.24) is 15.2 Å². The molecule has 1 aromatic carbocycles. The number of nitrogens with one attached hydrogen (secondary N) is 1. The Morgan fingerprint density at radius 2 is 2.14 bits per heavy atom. The van der Waals surface area contributed by atoms with E-state index in [2.05, 4.69) is 10.3 Å². The zero-order valence-electron chi connectivity index (χ0n) is 16.7. The Hall–Kier alpha value is -2.60. The van der Waals surface area contributed by atoms with E-state index in [1.165, 1.54) is 5.56 Å². The fraction of sp³-hybridized carbons (Fsp3) is 0.455. The van der Waals surface area contributed by atoms with Crippen LogP contribution in [-0.2, 0) is 17.7 Å². The van der Waals surface area contributed by atoms with Gasteiger partial charge in [0.2, 0.25) is 0 Å². The third-order valence-corrected chi connectivity index (χ3v) is 5.09. The molecule has 6 nitrogen and oxygen atoms in total. The van der Waals surface area contributed by atoms with E-state index in [0.29, 0.717) is 19.6 Å². The second-order valence-electron chi connectivity index (χ2n) is 7.10. The summed E-state index contributed by atoms with van der Waals surface area (Å²) in [6.45, 7) is 4.46. The van der Waals surface area contributed by atoms with Gasteiger partial charge in [-0.05, 0) is 55.5 Å². The molecule has 1 aromatic heterocycles. The Kier molecular flexibility index (Phi) is 7.25.